The molecule has 1 N–H and O–H groups in total. The average Bonchev–Trinajstić information content (AvgIpc) is 2.43. The van der Waals surface area contributed by atoms with Crippen molar-refractivity contribution in [1.29, 1.82) is 0 Å². The van der Waals surface area contributed by atoms with Crippen molar-refractivity contribution in [2.24, 2.45) is 0 Å². The fraction of sp³-hybridized carbons (Fsp3) is 0.385. The number of benzene rings is 1. The normalized spacial score (nSPS) is 9.60. The fourth-order valence-electron chi connectivity index (χ4n) is 1.52. The predicted octanol–water partition coefficient (Wildman–Crippen LogP) is 1.21. The molecule has 1 rings (SSSR count). The van der Waals surface area contributed by atoms with Crippen LogP contribution in [0.3, 0.4) is 0 Å². The monoisotopic (exact) mass is 283 g/mol. The van der Waals surface area contributed by atoms with E-state index in [4.69, 9.17) is 14.2 Å². The molecule has 20 heavy (non-hydrogen) atoms. The molecule has 0 saturated carbocycles. The van der Waals surface area contributed by atoms with Crippen LogP contribution in [0.5, 0.6) is 17.2 Å². The zero-order chi connectivity index (χ0) is 15.1. The SMILES string of the molecule is COc1cc(NC(=O)COC(C)=O)cc(OC)c1OC. The second kappa shape index (κ2) is 7.22. The zero-order valence-corrected chi connectivity index (χ0v) is 11.8. The third kappa shape index (κ3) is 4.04. The van der Waals surface area contributed by atoms with Gasteiger partial charge in [-0.2, -0.15) is 0 Å². The number of methoxy groups -OCH3 is 3. The first-order valence-corrected chi connectivity index (χ1v) is 5.75. The molecular formula is C13H17NO6. The van der Waals surface area contributed by atoms with Crippen molar-refractivity contribution in [3.8, 4) is 17.2 Å². The van der Waals surface area contributed by atoms with Gasteiger partial charge in [0, 0.05) is 24.7 Å². The van der Waals surface area contributed by atoms with E-state index >= 15 is 0 Å². The Morgan fingerprint density at radius 1 is 1.05 bits per heavy atom. The van der Waals surface area contributed by atoms with Gasteiger partial charge < -0.3 is 24.3 Å². The molecule has 0 aromatic heterocycles. The quantitative estimate of drug-likeness (QED) is 0.790. The summed E-state index contributed by atoms with van der Waals surface area (Å²) in [6, 6.07) is 3.15. The Labute approximate surface area is 116 Å². The lowest BCUT2D eigenvalue weighted by molar-refractivity contribution is -0.144. The topological polar surface area (TPSA) is 83.1 Å². The van der Waals surface area contributed by atoms with E-state index in [1.165, 1.54) is 28.3 Å². The number of rotatable bonds is 6. The zero-order valence-electron chi connectivity index (χ0n) is 11.8. The minimum Gasteiger partial charge on any atom is -0.493 e. The molecule has 0 spiro atoms. The summed E-state index contributed by atoms with van der Waals surface area (Å²) in [5, 5.41) is 2.57. The van der Waals surface area contributed by atoms with Crippen LogP contribution in [0.25, 0.3) is 0 Å². The Kier molecular flexibility index (Phi) is 5.64. The molecule has 1 amide bonds. The van der Waals surface area contributed by atoms with E-state index in [9.17, 15) is 9.59 Å². The molecule has 0 aliphatic carbocycles. The van der Waals surface area contributed by atoms with Gasteiger partial charge in [-0.3, -0.25) is 9.59 Å². The van der Waals surface area contributed by atoms with Crippen LogP contribution < -0.4 is 19.5 Å². The van der Waals surface area contributed by atoms with Gasteiger partial charge in [-0.25, -0.2) is 0 Å². The van der Waals surface area contributed by atoms with Gasteiger partial charge in [0.25, 0.3) is 5.91 Å². The first kappa shape index (κ1) is 15.6. The van der Waals surface area contributed by atoms with E-state index in [0.717, 1.165) is 0 Å². The number of nitrogens with one attached hydrogen (secondary N) is 1. The Balaban J connectivity index is 2.90. The summed E-state index contributed by atoms with van der Waals surface area (Å²) in [5.74, 6) is 0.261. The highest BCUT2D eigenvalue weighted by molar-refractivity contribution is 5.93. The molecule has 0 aliphatic rings. The summed E-state index contributed by atoms with van der Waals surface area (Å²) >= 11 is 0. The first-order valence-electron chi connectivity index (χ1n) is 5.75. The van der Waals surface area contributed by atoms with E-state index in [-0.39, 0.29) is 6.61 Å². The lowest BCUT2D eigenvalue weighted by atomic mass is 10.2. The van der Waals surface area contributed by atoms with Crippen LogP contribution in [0.2, 0.25) is 0 Å². The van der Waals surface area contributed by atoms with Gasteiger partial charge in [-0.05, 0) is 0 Å². The van der Waals surface area contributed by atoms with E-state index in [1.54, 1.807) is 12.1 Å². The summed E-state index contributed by atoms with van der Waals surface area (Å²) in [6.45, 7) is 0.874. The van der Waals surface area contributed by atoms with Crippen molar-refractivity contribution in [3.05, 3.63) is 12.1 Å². The molecule has 0 fully saturated rings. The molecule has 0 heterocycles. The molecule has 1 aromatic rings. The van der Waals surface area contributed by atoms with E-state index in [2.05, 4.69) is 10.1 Å². The Morgan fingerprint density at radius 2 is 1.60 bits per heavy atom. The van der Waals surface area contributed by atoms with Crippen LogP contribution in [-0.4, -0.2) is 39.8 Å². The molecule has 7 nitrogen and oxygen atoms in total. The van der Waals surface area contributed by atoms with Gasteiger partial charge >= 0.3 is 5.97 Å². The molecule has 1 aromatic carbocycles. The van der Waals surface area contributed by atoms with Gasteiger partial charge in [0.15, 0.2) is 18.1 Å². The molecule has 0 unspecified atom stereocenters. The molecule has 0 atom stereocenters. The average molecular weight is 283 g/mol. The second-order valence-corrected chi connectivity index (χ2v) is 3.74. The van der Waals surface area contributed by atoms with Crippen molar-refractivity contribution in [2.45, 2.75) is 6.92 Å². The minimum atomic E-state index is -0.523. The maximum atomic E-state index is 11.6. The maximum Gasteiger partial charge on any atom is 0.303 e. The highest BCUT2D eigenvalue weighted by Gasteiger charge is 2.14. The molecule has 110 valence electrons. The smallest absolute Gasteiger partial charge is 0.303 e. The second-order valence-electron chi connectivity index (χ2n) is 3.74. The van der Waals surface area contributed by atoms with Crippen LogP contribution in [0, 0.1) is 0 Å². The fourth-order valence-corrected chi connectivity index (χ4v) is 1.52. The van der Waals surface area contributed by atoms with Crippen molar-refractivity contribution in [3.63, 3.8) is 0 Å². The van der Waals surface area contributed by atoms with Gasteiger partial charge in [-0.15, -0.1) is 0 Å². The largest absolute Gasteiger partial charge is 0.493 e. The first-order chi connectivity index (χ1) is 9.51. The van der Waals surface area contributed by atoms with Crippen molar-refractivity contribution >= 4 is 17.6 Å². The van der Waals surface area contributed by atoms with E-state index in [0.29, 0.717) is 22.9 Å². The van der Waals surface area contributed by atoms with Crippen LogP contribution in [0.1, 0.15) is 6.92 Å². The van der Waals surface area contributed by atoms with Crippen LogP contribution >= 0.6 is 0 Å². The van der Waals surface area contributed by atoms with Crippen molar-refractivity contribution in [2.75, 3.05) is 33.3 Å². The highest BCUT2D eigenvalue weighted by Crippen LogP contribution is 2.39. The Bertz CT molecular complexity index is 475. The summed E-state index contributed by atoms with van der Waals surface area (Å²) < 4.78 is 20.1. The number of ether oxygens (including phenoxy) is 4. The van der Waals surface area contributed by atoms with E-state index in [1.807, 2.05) is 0 Å². The molecule has 0 radical (unpaired) electrons. The molecule has 0 bridgehead atoms. The van der Waals surface area contributed by atoms with E-state index < -0.39 is 11.9 Å². The minimum absolute atomic E-state index is 0.355. The number of hydrogen-bond donors (Lipinski definition) is 1. The van der Waals surface area contributed by atoms with Gasteiger partial charge in [0.05, 0.1) is 21.3 Å². The maximum absolute atomic E-state index is 11.6. The van der Waals surface area contributed by atoms with Crippen molar-refractivity contribution in [1.82, 2.24) is 0 Å². The number of carbonyl (C=O) groups is 2. The number of anilines is 1. The molecule has 7 heteroatoms. The predicted molar refractivity (Wildman–Crippen MR) is 71.4 cm³/mol. The lowest BCUT2D eigenvalue weighted by Crippen LogP contribution is -2.19. The third-order valence-electron chi connectivity index (χ3n) is 2.36. The van der Waals surface area contributed by atoms with Crippen LogP contribution in [0.15, 0.2) is 12.1 Å². The van der Waals surface area contributed by atoms with Gasteiger partial charge in [0.2, 0.25) is 5.75 Å². The number of amides is 1. The van der Waals surface area contributed by atoms with Gasteiger partial charge in [-0.1, -0.05) is 0 Å². The molecular weight excluding hydrogens is 266 g/mol. The Hall–Kier alpha value is -2.44. The van der Waals surface area contributed by atoms with Gasteiger partial charge in [0.1, 0.15) is 0 Å². The summed E-state index contributed by atoms with van der Waals surface area (Å²) in [5.41, 5.74) is 0.441. The number of carbonyl (C=O) groups excluding carboxylic acids is 2. The molecule has 0 saturated heterocycles. The van der Waals surface area contributed by atoms with Crippen LogP contribution in [-0.2, 0) is 14.3 Å². The standard InChI is InChI=1S/C13H17NO6/c1-8(15)20-7-12(16)14-9-5-10(17-2)13(19-4)11(6-9)18-3/h5-6H,7H2,1-4H3,(H,14,16). The number of hydrogen-bond acceptors (Lipinski definition) is 6. The summed E-state index contributed by atoms with van der Waals surface area (Å²) in [6.07, 6.45) is 0. The Morgan fingerprint density at radius 3 is 2.00 bits per heavy atom. The summed E-state index contributed by atoms with van der Waals surface area (Å²) in [7, 11) is 4.43. The lowest BCUT2D eigenvalue weighted by Gasteiger charge is -2.14. The molecule has 0 aliphatic heterocycles. The third-order valence-corrected chi connectivity index (χ3v) is 2.36. The number of esters is 1. The van der Waals surface area contributed by atoms with Crippen molar-refractivity contribution < 1.29 is 28.5 Å². The summed E-state index contributed by atoms with van der Waals surface area (Å²) in [4.78, 5) is 22.2. The van der Waals surface area contributed by atoms with Crippen LogP contribution in [0.4, 0.5) is 5.69 Å². The highest BCUT2D eigenvalue weighted by atomic mass is 16.5.